The minimum absolute atomic E-state index is 0.241. The molecular formula is C16H29NO. The van der Waals surface area contributed by atoms with E-state index in [-0.39, 0.29) is 5.92 Å². The van der Waals surface area contributed by atoms with Gasteiger partial charge >= 0.3 is 0 Å². The highest BCUT2D eigenvalue weighted by Crippen LogP contribution is 2.45. The van der Waals surface area contributed by atoms with Crippen molar-refractivity contribution in [3.63, 3.8) is 0 Å². The zero-order valence-corrected chi connectivity index (χ0v) is 12.4. The molecule has 2 atom stereocenters. The molecule has 1 aliphatic carbocycles. The molecule has 0 aromatic rings. The summed E-state index contributed by atoms with van der Waals surface area (Å²) < 4.78 is 0. The lowest BCUT2D eigenvalue weighted by Crippen LogP contribution is -2.42. The molecule has 0 aromatic carbocycles. The molecule has 104 valence electrons. The standard InChI is InChI=1S/C16H29NO/c1-5-6-13(4)15(18)16(11-17)9-7-14(8-10-16)12(2)3/h12-15,18H,5-10H2,1-4H3. The Hall–Kier alpha value is -0.550. The van der Waals surface area contributed by atoms with Gasteiger partial charge in [0.1, 0.15) is 0 Å². The van der Waals surface area contributed by atoms with Crippen molar-refractivity contribution in [1.29, 1.82) is 5.26 Å². The first-order valence-corrected chi connectivity index (χ1v) is 7.56. The number of aliphatic hydroxyl groups excluding tert-OH is 1. The molecule has 0 amide bonds. The van der Waals surface area contributed by atoms with Crippen LogP contribution in [-0.2, 0) is 0 Å². The van der Waals surface area contributed by atoms with E-state index >= 15 is 0 Å². The van der Waals surface area contributed by atoms with Crippen LogP contribution in [0.2, 0.25) is 0 Å². The SMILES string of the molecule is CCCC(C)C(O)C1(C#N)CCC(C(C)C)CC1. The van der Waals surface area contributed by atoms with E-state index in [1.807, 2.05) is 0 Å². The molecule has 18 heavy (non-hydrogen) atoms. The van der Waals surface area contributed by atoms with Crippen molar-refractivity contribution in [1.82, 2.24) is 0 Å². The Balaban J connectivity index is 2.69. The van der Waals surface area contributed by atoms with E-state index in [0.717, 1.165) is 44.4 Å². The third-order valence-corrected chi connectivity index (χ3v) is 4.94. The van der Waals surface area contributed by atoms with Gasteiger partial charge in [-0.05, 0) is 49.9 Å². The smallest absolute Gasteiger partial charge is 0.0835 e. The molecule has 0 aliphatic heterocycles. The first-order valence-electron chi connectivity index (χ1n) is 7.56. The van der Waals surface area contributed by atoms with Crippen LogP contribution in [0.25, 0.3) is 0 Å². The number of hydrogen-bond acceptors (Lipinski definition) is 2. The first kappa shape index (κ1) is 15.5. The molecule has 0 spiro atoms. The number of hydrogen-bond donors (Lipinski definition) is 1. The van der Waals surface area contributed by atoms with Crippen LogP contribution in [0.1, 0.15) is 66.2 Å². The van der Waals surface area contributed by atoms with Crippen LogP contribution in [-0.4, -0.2) is 11.2 Å². The lowest BCUT2D eigenvalue weighted by Gasteiger charge is -2.41. The first-order chi connectivity index (χ1) is 8.46. The Morgan fingerprint density at radius 3 is 2.22 bits per heavy atom. The summed E-state index contributed by atoms with van der Waals surface area (Å²) in [6.45, 7) is 8.75. The second-order valence-electron chi connectivity index (χ2n) is 6.56. The van der Waals surface area contributed by atoms with Crippen LogP contribution in [0, 0.1) is 34.5 Å². The maximum atomic E-state index is 10.5. The summed E-state index contributed by atoms with van der Waals surface area (Å²) in [4.78, 5) is 0. The van der Waals surface area contributed by atoms with E-state index in [2.05, 4.69) is 33.8 Å². The van der Waals surface area contributed by atoms with Gasteiger partial charge in [-0.2, -0.15) is 5.26 Å². The van der Waals surface area contributed by atoms with Crippen molar-refractivity contribution in [3.05, 3.63) is 0 Å². The molecule has 0 saturated heterocycles. The minimum Gasteiger partial charge on any atom is -0.391 e. The van der Waals surface area contributed by atoms with Gasteiger partial charge in [0.15, 0.2) is 0 Å². The molecule has 1 aliphatic rings. The molecule has 2 heteroatoms. The zero-order chi connectivity index (χ0) is 13.8. The quantitative estimate of drug-likeness (QED) is 0.798. The van der Waals surface area contributed by atoms with Gasteiger partial charge in [-0.15, -0.1) is 0 Å². The third-order valence-electron chi connectivity index (χ3n) is 4.94. The van der Waals surface area contributed by atoms with E-state index in [0.29, 0.717) is 5.92 Å². The fourth-order valence-corrected chi connectivity index (χ4v) is 3.45. The summed E-state index contributed by atoms with van der Waals surface area (Å²) in [7, 11) is 0. The van der Waals surface area contributed by atoms with Crippen molar-refractivity contribution in [2.75, 3.05) is 0 Å². The molecule has 1 N–H and O–H groups in total. The highest BCUT2D eigenvalue weighted by Gasteiger charge is 2.43. The van der Waals surface area contributed by atoms with Crippen molar-refractivity contribution in [2.45, 2.75) is 72.3 Å². The van der Waals surface area contributed by atoms with E-state index in [4.69, 9.17) is 0 Å². The predicted molar refractivity (Wildman–Crippen MR) is 74.9 cm³/mol. The molecule has 1 saturated carbocycles. The molecule has 1 fully saturated rings. The van der Waals surface area contributed by atoms with Gasteiger partial charge in [0.05, 0.1) is 17.6 Å². The van der Waals surface area contributed by atoms with Crippen LogP contribution in [0.5, 0.6) is 0 Å². The fourth-order valence-electron chi connectivity index (χ4n) is 3.45. The van der Waals surface area contributed by atoms with Gasteiger partial charge in [-0.25, -0.2) is 0 Å². The second-order valence-corrected chi connectivity index (χ2v) is 6.56. The normalized spacial score (nSPS) is 31.9. The van der Waals surface area contributed by atoms with Gasteiger partial charge in [-0.1, -0.05) is 34.1 Å². The van der Waals surface area contributed by atoms with E-state index in [1.165, 1.54) is 0 Å². The number of aliphatic hydroxyl groups is 1. The van der Waals surface area contributed by atoms with Crippen LogP contribution < -0.4 is 0 Å². The van der Waals surface area contributed by atoms with Crippen molar-refractivity contribution < 1.29 is 5.11 Å². The lowest BCUT2D eigenvalue weighted by molar-refractivity contribution is -0.0164. The lowest BCUT2D eigenvalue weighted by atomic mass is 9.63. The molecule has 1 rings (SSSR count). The number of nitrogens with zero attached hydrogens (tertiary/aromatic N) is 1. The Morgan fingerprint density at radius 2 is 1.83 bits per heavy atom. The Bertz CT molecular complexity index is 284. The summed E-state index contributed by atoms with van der Waals surface area (Å²) in [6, 6.07) is 2.47. The van der Waals surface area contributed by atoms with E-state index in [9.17, 15) is 10.4 Å². The second kappa shape index (κ2) is 6.57. The van der Waals surface area contributed by atoms with Crippen LogP contribution >= 0.6 is 0 Å². The monoisotopic (exact) mass is 251 g/mol. The zero-order valence-electron chi connectivity index (χ0n) is 12.4. The van der Waals surface area contributed by atoms with Gasteiger partial charge in [0.25, 0.3) is 0 Å². The summed E-state index contributed by atoms with van der Waals surface area (Å²) in [5, 5.41) is 20.1. The molecule has 2 nitrogen and oxygen atoms in total. The topological polar surface area (TPSA) is 44.0 Å². The Labute approximate surface area is 112 Å². The molecule has 0 radical (unpaired) electrons. The van der Waals surface area contributed by atoms with Crippen molar-refractivity contribution >= 4 is 0 Å². The predicted octanol–water partition coefficient (Wildman–Crippen LogP) is 4.14. The summed E-state index contributed by atoms with van der Waals surface area (Å²) in [6.07, 6.45) is 5.59. The molecule has 2 unspecified atom stereocenters. The minimum atomic E-state index is -0.472. The van der Waals surface area contributed by atoms with Crippen LogP contribution in [0.15, 0.2) is 0 Å². The van der Waals surface area contributed by atoms with Gasteiger partial charge in [0, 0.05) is 0 Å². The molecule has 0 bridgehead atoms. The third kappa shape index (κ3) is 3.26. The fraction of sp³-hybridized carbons (Fsp3) is 0.938. The Morgan fingerprint density at radius 1 is 1.28 bits per heavy atom. The van der Waals surface area contributed by atoms with Crippen molar-refractivity contribution in [2.24, 2.45) is 23.2 Å². The largest absolute Gasteiger partial charge is 0.391 e. The molecule has 0 aromatic heterocycles. The number of rotatable bonds is 5. The van der Waals surface area contributed by atoms with Gasteiger partial charge in [0.2, 0.25) is 0 Å². The van der Waals surface area contributed by atoms with Crippen LogP contribution in [0.3, 0.4) is 0 Å². The Kier molecular flexibility index (Phi) is 5.66. The summed E-state index contributed by atoms with van der Waals surface area (Å²) >= 11 is 0. The number of nitriles is 1. The maximum Gasteiger partial charge on any atom is 0.0835 e. The highest BCUT2D eigenvalue weighted by atomic mass is 16.3. The molecule has 0 heterocycles. The van der Waals surface area contributed by atoms with Crippen molar-refractivity contribution in [3.8, 4) is 6.07 Å². The van der Waals surface area contributed by atoms with Gasteiger partial charge < -0.3 is 5.11 Å². The van der Waals surface area contributed by atoms with E-state index in [1.54, 1.807) is 0 Å². The van der Waals surface area contributed by atoms with Crippen LogP contribution in [0.4, 0.5) is 0 Å². The maximum absolute atomic E-state index is 10.5. The average molecular weight is 251 g/mol. The highest BCUT2D eigenvalue weighted by molar-refractivity contribution is 5.07. The van der Waals surface area contributed by atoms with E-state index < -0.39 is 11.5 Å². The summed E-state index contributed by atoms with van der Waals surface area (Å²) in [5.41, 5.74) is -0.472. The summed E-state index contributed by atoms with van der Waals surface area (Å²) in [5.74, 6) is 1.68. The molecular weight excluding hydrogens is 222 g/mol. The van der Waals surface area contributed by atoms with Gasteiger partial charge in [-0.3, -0.25) is 0 Å². The average Bonchev–Trinajstić information content (AvgIpc) is 2.38.